The summed E-state index contributed by atoms with van der Waals surface area (Å²) in [6.07, 6.45) is -0.227. The molecule has 1 atom stereocenters. The predicted octanol–water partition coefficient (Wildman–Crippen LogP) is 1.78. The molecule has 2 N–H and O–H groups in total. The van der Waals surface area contributed by atoms with Gasteiger partial charge in [0, 0.05) is 20.2 Å². The summed E-state index contributed by atoms with van der Waals surface area (Å²) in [6, 6.07) is 6.22. The highest BCUT2D eigenvalue weighted by Gasteiger charge is 2.14. The second kappa shape index (κ2) is 9.16. The molecular weight excluding hydrogens is 388 g/mol. The number of ether oxygens (including phenoxy) is 2. The minimum absolute atomic E-state index is 0. The number of nitrogens with zero attached hydrogens (tertiary/aromatic N) is 2. The summed E-state index contributed by atoms with van der Waals surface area (Å²) in [5, 5.41) is 0. The number of morpholine rings is 1. The smallest absolute Gasteiger partial charge is 0.191 e. The van der Waals surface area contributed by atoms with E-state index >= 15 is 0 Å². The molecule has 1 fully saturated rings. The Morgan fingerprint density at radius 1 is 1.38 bits per heavy atom. The average molecular weight is 409 g/mol. The highest BCUT2D eigenvalue weighted by Crippen LogP contribution is 2.17. The van der Waals surface area contributed by atoms with E-state index in [-0.39, 0.29) is 35.9 Å². The molecule has 0 spiro atoms. The molecule has 0 aliphatic carbocycles. The van der Waals surface area contributed by atoms with Crippen molar-refractivity contribution in [1.82, 2.24) is 4.90 Å². The molecule has 118 valence electrons. The van der Waals surface area contributed by atoms with Crippen molar-refractivity contribution in [3.05, 3.63) is 35.6 Å². The third-order valence-corrected chi connectivity index (χ3v) is 3.28. The van der Waals surface area contributed by atoms with Crippen LogP contribution in [0.1, 0.15) is 11.7 Å². The quantitative estimate of drug-likeness (QED) is 0.468. The van der Waals surface area contributed by atoms with Gasteiger partial charge in [0.25, 0.3) is 0 Å². The second-order valence-corrected chi connectivity index (χ2v) is 4.57. The van der Waals surface area contributed by atoms with Gasteiger partial charge < -0.3 is 20.1 Å². The first kappa shape index (κ1) is 18.1. The van der Waals surface area contributed by atoms with Crippen molar-refractivity contribution in [1.29, 1.82) is 0 Å². The van der Waals surface area contributed by atoms with Gasteiger partial charge in [0.05, 0.1) is 19.8 Å². The Morgan fingerprint density at radius 3 is 2.57 bits per heavy atom. The van der Waals surface area contributed by atoms with Crippen LogP contribution >= 0.6 is 24.0 Å². The number of hydrogen-bond donors (Lipinski definition) is 1. The zero-order valence-corrected chi connectivity index (χ0v) is 14.3. The van der Waals surface area contributed by atoms with Gasteiger partial charge in [0.15, 0.2) is 5.96 Å². The van der Waals surface area contributed by atoms with Crippen LogP contribution in [0.15, 0.2) is 29.3 Å². The van der Waals surface area contributed by atoms with Crippen molar-refractivity contribution in [3.63, 3.8) is 0 Å². The van der Waals surface area contributed by atoms with Crippen LogP contribution in [0.5, 0.6) is 0 Å². The van der Waals surface area contributed by atoms with E-state index in [1.54, 1.807) is 19.2 Å². The molecular formula is C14H21FIN3O2. The van der Waals surface area contributed by atoms with E-state index in [0.29, 0.717) is 25.7 Å². The number of nitrogens with two attached hydrogens (primary N) is 1. The molecule has 1 aliphatic heterocycles. The van der Waals surface area contributed by atoms with Crippen molar-refractivity contribution in [3.8, 4) is 0 Å². The van der Waals surface area contributed by atoms with Crippen LogP contribution in [0.2, 0.25) is 0 Å². The lowest BCUT2D eigenvalue weighted by atomic mass is 10.1. The molecule has 0 bridgehead atoms. The summed E-state index contributed by atoms with van der Waals surface area (Å²) in [6.45, 7) is 3.25. The molecule has 2 rings (SSSR count). The number of methoxy groups -OCH3 is 1. The van der Waals surface area contributed by atoms with Crippen molar-refractivity contribution in [2.45, 2.75) is 6.10 Å². The van der Waals surface area contributed by atoms with E-state index in [1.165, 1.54) is 12.1 Å². The lowest BCUT2D eigenvalue weighted by Crippen LogP contribution is -2.45. The molecule has 1 heterocycles. The van der Waals surface area contributed by atoms with Crippen LogP contribution in [0.25, 0.3) is 0 Å². The normalized spacial score (nSPS) is 17.2. The van der Waals surface area contributed by atoms with E-state index in [1.807, 2.05) is 4.90 Å². The highest BCUT2D eigenvalue weighted by molar-refractivity contribution is 14.0. The van der Waals surface area contributed by atoms with E-state index in [4.69, 9.17) is 15.2 Å². The molecule has 5 nitrogen and oxygen atoms in total. The zero-order chi connectivity index (χ0) is 14.4. The summed E-state index contributed by atoms with van der Waals surface area (Å²) in [4.78, 5) is 6.35. The van der Waals surface area contributed by atoms with Gasteiger partial charge in [-0.2, -0.15) is 0 Å². The SMILES string of the molecule is COC(CN=C(N)N1CCOCC1)c1ccc(F)cc1.I. The summed E-state index contributed by atoms with van der Waals surface area (Å²) in [5.74, 6) is 0.234. The minimum Gasteiger partial charge on any atom is -0.378 e. The monoisotopic (exact) mass is 409 g/mol. The Labute approximate surface area is 141 Å². The Bertz CT molecular complexity index is 450. The van der Waals surface area contributed by atoms with Crippen LogP contribution in [0.3, 0.4) is 0 Å². The summed E-state index contributed by atoms with van der Waals surface area (Å²) in [7, 11) is 1.61. The Kier molecular flexibility index (Phi) is 7.91. The number of rotatable bonds is 4. The van der Waals surface area contributed by atoms with E-state index in [0.717, 1.165) is 18.7 Å². The molecule has 1 aliphatic rings. The standard InChI is InChI=1S/C14H20FN3O2.HI/c1-19-13(11-2-4-12(15)5-3-11)10-17-14(16)18-6-8-20-9-7-18;/h2-5,13H,6-10H2,1H3,(H2,16,17);1H. The molecule has 1 saturated heterocycles. The van der Waals surface area contributed by atoms with E-state index < -0.39 is 0 Å². The van der Waals surface area contributed by atoms with Crippen molar-refractivity contribution in [2.24, 2.45) is 10.7 Å². The molecule has 1 unspecified atom stereocenters. The van der Waals surface area contributed by atoms with Gasteiger partial charge in [0.2, 0.25) is 0 Å². The third-order valence-electron chi connectivity index (χ3n) is 3.28. The highest BCUT2D eigenvalue weighted by atomic mass is 127. The molecule has 7 heteroatoms. The van der Waals surface area contributed by atoms with Gasteiger partial charge in [-0.05, 0) is 17.7 Å². The number of benzene rings is 1. The van der Waals surface area contributed by atoms with Gasteiger partial charge in [-0.1, -0.05) is 12.1 Å². The molecule has 0 radical (unpaired) electrons. The summed E-state index contributed by atoms with van der Waals surface area (Å²) in [5.41, 5.74) is 6.84. The molecule has 1 aromatic rings. The van der Waals surface area contributed by atoms with Crippen LogP contribution in [-0.2, 0) is 9.47 Å². The Morgan fingerprint density at radius 2 is 2.00 bits per heavy atom. The van der Waals surface area contributed by atoms with Crippen LogP contribution in [0.4, 0.5) is 4.39 Å². The average Bonchev–Trinajstić information content (AvgIpc) is 2.50. The number of halogens is 2. The largest absolute Gasteiger partial charge is 0.378 e. The summed E-state index contributed by atoms with van der Waals surface area (Å²) < 4.78 is 23.6. The third kappa shape index (κ3) is 5.40. The molecule has 21 heavy (non-hydrogen) atoms. The Hall–Kier alpha value is -0.930. The number of guanidine groups is 1. The van der Waals surface area contributed by atoms with Crippen molar-refractivity contribution in [2.75, 3.05) is 40.0 Å². The first-order valence-electron chi connectivity index (χ1n) is 6.61. The fraction of sp³-hybridized carbons (Fsp3) is 0.500. The van der Waals surface area contributed by atoms with Crippen LogP contribution in [0, 0.1) is 5.82 Å². The lowest BCUT2D eigenvalue weighted by Gasteiger charge is -2.27. The maximum Gasteiger partial charge on any atom is 0.191 e. The van der Waals surface area contributed by atoms with E-state index in [2.05, 4.69) is 4.99 Å². The van der Waals surface area contributed by atoms with Crippen LogP contribution < -0.4 is 5.73 Å². The topological polar surface area (TPSA) is 60.1 Å². The van der Waals surface area contributed by atoms with Crippen molar-refractivity contribution < 1.29 is 13.9 Å². The first-order valence-corrected chi connectivity index (χ1v) is 6.61. The van der Waals surface area contributed by atoms with Gasteiger partial charge in [0.1, 0.15) is 11.9 Å². The maximum atomic E-state index is 12.9. The zero-order valence-electron chi connectivity index (χ0n) is 12.0. The van der Waals surface area contributed by atoms with Gasteiger partial charge in [-0.15, -0.1) is 24.0 Å². The maximum absolute atomic E-state index is 12.9. The van der Waals surface area contributed by atoms with Gasteiger partial charge in [-0.25, -0.2) is 4.39 Å². The molecule has 1 aromatic carbocycles. The fourth-order valence-electron chi connectivity index (χ4n) is 2.06. The number of aliphatic imine (C=N–C) groups is 1. The molecule has 0 saturated carbocycles. The fourth-order valence-corrected chi connectivity index (χ4v) is 2.06. The lowest BCUT2D eigenvalue weighted by molar-refractivity contribution is 0.0669. The first-order chi connectivity index (χ1) is 9.70. The van der Waals surface area contributed by atoms with Gasteiger partial charge >= 0.3 is 0 Å². The minimum atomic E-state index is -0.264. The predicted molar refractivity (Wildman–Crippen MR) is 90.4 cm³/mol. The van der Waals surface area contributed by atoms with Crippen LogP contribution in [-0.4, -0.2) is 50.8 Å². The van der Waals surface area contributed by atoms with Crippen molar-refractivity contribution >= 4 is 29.9 Å². The molecule has 0 amide bonds. The van der Waals surface area contributed by atoms with Gasteiger partial charge in [-0.3, -0.25) is 4.99 Å². The second-order valence-electron chi connectivity index (χ2n) is 4.57. The van der Waals surface area contributed by atoms with E-state index in [9.17, 15) is 4.39 Å². The number of hydrogen-bond acceptors (Lipinski definition) is 3. The Balaban J connectivity index is 0.00000220. The summed E-state index contributed by atoms with van der Waals surface area (Å²) >= 11 is 0. The molecule has 0 aromatic heterocycles.